The third-order valence-electron chi connectivity index (χ3n) is 2.75. The SMILES string of the molecule is COC(=O)CCC[C@@H](C(=O)OC)N(COC(C)=O)C(=O)OC. The normalized spacial score (nSPS) is 11.1. The molecule has 0 aromatic carbocycles. The number of hydrogen-bond acceptors (Lipinski definition) is 8. The van der Waals surface area contributed by atoms with Gasteiger partial charge in [0, 0.05) is 13.3 Å². The third-order valence-corrected chi connectivity index (χ3v) is 2.75. The van der Waals surface area contributed by atoms with Crippen molar-refractivity contribution in [3.8, 4) is 0 Å². The number of carbonyl (C=O) groups excluding carboxylic acids is 4. The van der Waals surface area contributed by atoms with E-state index in [0.717, 1.165) is 19.1 Å². The molecule has 0 saturated heterocycles. The van der Waals surface area contributed by atoms with Crippen LogP contribution in [-0.4, -0.2) is 63.0 Å². The van der Waals surface area contributed by atoms with E-state index >= 15 is 0 Å². The molecule has 0 aliphatic carbocycles. The van der Waals surface area contributed by atoms with E-state index in [1.54, 1.807) is 0 Å². The number of hydrogen-bond donors (Lipinski definition) is 0. The molecule has 1 atom stereocenters. The molecule has 9 heteroatoms. The maximum Gasteiger partial charge on any atom is 0.412 e. The van der Waals surface area contributed by atoms with Gasteiger partial charge in [0.05, 0.1) is 21.3 Å². The van der Waals surface area contributed by atoms with Crippen LogP contribution < -0.4 is 0 Å². The minimum absolute atomic E-state index is 0.0760. The molecule has 22 heavy (non-hydrogen) atoms. The van der Waals surface area contributed by atoms with Gasteiger partial charge in [0.25, 0.3) is 0 Å². The van der Waals surface area contributed by atoms with E-state index in [9.17, 15) is 19.2 Å². The molecule has 0 aromatic rings. The number of esters is 3. The van der Waals surface area contributed by atoms with Gasteiger partial charge < -0.3 is 18.9 Å². The van der Waals surface area contributed by atoms with Crippen molar-refractivity contribution >= 4 is 24.0 Å². The van der Waals surface area contributed by atoms with Crippen LogP contribution in [0.25, 0.3) is 0 Å². The molecular formula is C13H21NO8. The second kappa shape index (κ2) is 10.4. The molecule has 0 spiro atoms. The predicted octanol–water partition coefficient (Wildman–Crippen LogP) is 0.460. The van der Waals surface area contributed by atoms with Gasteiger partial charge in [-0.25, -0.2) is 9.59 Å². The van der Waals surface area contributed by atoms with Crippen molar-refractivity contribution in [2.45, 2.75) is 32.2 Å². The van der Waals surface area contributed by atoms with Crippen molar-refractivity contribution in [3.05, 3.63) is 0 Å². The number of rotatable bonds is 8. The summed E-state index contributed by atoms with van der Waals surface area (Å²) in [6.45, 7) is 0.708. The molecule has 1 amide bonds. The topological polar surface area (TPSA) is 108 Å². The van der Waals surface area contributed by atoms with E-state index in [0.29, 0.717) is 0 Å². The van der Waals surface area contributed by atoms with E-state index in [1.165, 1.54) is 14.0 Å². The zero-order valence-electron chi connectivity index (χ0n) is 13.1. The Bertz CT molecular complexity index is 409. The summed E-state index contributed by atoms with van der Waals surface area (Å²) < 4.78 is 18.4. The zero-order valence-corrected chi connectivity index (χ0v) is 13.1. The highest BCUT2D eigenvalue weighted by molar-refractivity contribution is 5.81. The second-order valence-electron chi connectivity index (χ2n) is 4.21. The predicted molar refractivity (Wildman–Crippen MR) is 72.5 cm³/mol. The van der Waals surface area contributed by atoms with Gasteiger partial charge in [-0.2, -0.15) is 0 Å². The van der Waals surface area contributed by atoms with Crippen LogP contribution in [0.3, 0.4) is 0 Å². The molecule has 0 bridgehead atoms. The molecule has 0 aromatic heterocycles. The Hall–Kier alpha value is -2.32. The first-order valence-corrected chi connectivity index (χ1v) is 6.49. The smallest absolute Gasteiger partial charge is 0.412 e. The maximum atomic E-state index is 11.8. The van der Waals surface area contributed by atoms with Crippen molar-refractivity contribution < 1.29 is 38.1 Å². The number of carbonyl (C=O) groups is 4. The lowest BCUT2D eigenvalue weighted by Gasteiger charge is -2.27. The molecular weight excluding hydrogens is 298 g/mol. The van der Waals surface area contributed by atoms with Crippen molar-refractivity contribution in [1.82, 2.24) is 4.90 Å². The molecule has 0 radical (unpaired) electrons. The van der Waals surface area contributed by atoms with Gasteiger partial charge in [-0.05, 0) is 12.8 Å². The lowest BCUT2D eigenvalue weighted by atomic mass is 10.1. The molecule has 0 aliphatic rings. The number of amides is 1. The van der Waals surface area contributed by atoms with Crippen LogP contribution in [0.15, 0.2) is 0 Å². The lowest BCUT2D eigenvalue weighted by Crippen LogP contribution is -2.47. The Balaban J connectivity index is 4.95. The molecule has 0 unspecified atom stereocenters. The van der Waals surface area contributed by atoms with Crippen LogP contribution in [0.2, 0.25) is 0 Å². The van der Waals surface area contributed by atoms with Crippen LogP contribution in [0.1, 0.15) is 26.2 Å². The fourth-order valence-electron chi connectivity index (χ4n) is 1.63. The minimum Gasteiger partial charge on any atom is -0.469 e. The van der Waals surface area contributed by atoms with Crippen LogP contribution in [-0.2, 0) is 33.3 Å². The van der Waals surface area contributed by atoms with Gasteiger partial charge in [-0.1, -0.05) is 0 Å². The molecule has 0 heterocycles. The fourth-order valence-corrected chi connectivity index (χ4v) is 1.63. The highest BCUT2D eigenvalue weighted by Gasteiger charge is 2.32. The van der Waals surface area contributed by atoms with Gasteiger partial charge in [-0.15, -0.1) is 0 Å². The van der Waals surface area contributed by atoms with Crippen molar-refractivity contribution in [1.29, 1.82) is 0 Å². The van der Waals surface area contributed by atoms with Crippen LogP contribution in [0.5, 0.6) is 0 Å². The zero-order chi connectivity index (χ0) is 17.1. The largest absolute Gasteiger partial charge is 0.469 e. The number of methoxy groups -OCH3 is 3. The van der Waals surface area contributed by atoms with E-state index in [-0.39, 0.29) is 19.3 Å². The fraction of sp³-hybridized carbons (Fsp3) is 0.692. The molecule has 0 saturated carbocycles. The van der Waals surface area contributed by atoms with Gasteiger partial charge in [0.15, 0.2) is 6.73 Å². The summed E-state index contributed by atoms with van der Waals surface area (Å²) >= 11 is 0. The molecule has 126 valence electrons. The lowest BCUT2D eigenvalue weighted by molar-refractivity contribution is -0.155. The third kappa shape index (κ3) is 6.91. The van der Waals surface area contributed by atoms with Gasteiger partial charge >= 0.3 is 24.0 Å². The maximum absolute atomic E-state index is 11.8. The van der Waals surface area contributed by atoms with Crippen molar-refractivity contribution in [2.24, 2.45) is 0 Å². The minimum atomic E-state index is -1.04. The average Bonchev–Trinajstić information content (AvgIpc) is 2.51. The molecule has 0 N–H and O–H groups in total. The van der Waals surface area contributed by atoms with Gasteiger partial charge in [-0.3, -0.25) is 14.5 Å². The highest BCUT2D eigenvalue weighted by atomic mass is 16.6. The average molecular weight is 319 g/mol. The highest BCUT2D eigenvalue weighted by Crippen LogP contribution is 2.13. The monoisotopic (exact) mass is 319 g/mol. The quantitative estimate of drug-likeness (QED) is 0.361. The summed E-state index contributed by atoms with van der Waals surface area (Å²) in [5.74, 6) is -1.76. The summed E-state index contributed by atoms with van der Waals surface area (Å²) in [7, 11) is 3.55. The van der Waals surface area contributed by atoms with Crippen LogP contribution >= 0.6 is 0 Å². The van der Waals surface area contributed by atoms with E-state index in [1.807, 2.05) is 0 Å². The summed E-state index contributed by atoms with van der Waals surface area (Å²) in [6, 6.07) is -1.04. The van der Waals surface area contributed by atoms with Crippen LogP contribution in [0, 0.1) is 0 Å². The summed E-state index contributed by atoms with van der Waals surface area (Å²) in [4.78, 5) is 46.5. The van der Waals surface area contributed by atoms with Gasteiger partial charge in [0.2, 0.25) is 0 Å². The summed E-state index contributed by atoms with van der Waals surface area (Å²) in [6.07, 6.45) is -0.375. The first-order chi connectivity index (χ1) is 10.4. The first-order valence-electron chi connectivity index (χ1n) is 6.49. The number of ether oxygens (including phenoxy) is 4. The van der Waals surface area contributed by atoms with E-state index < -0.39 is 36.8 Å². The number of nitrogens with zero attached hydrogens (tertiary/aromatic N) is 1. The van der Waals surface area contributed by atoms with Crippen molar-refractivity contribution in [3.63, 3.8) is 0 Å². The Morgan fingerprint density at radius 3 is 2.09 bits per heavy atom. The summed E-state index contributed by atoms with van der Waals surface area (Å²) in [5.41, 5.74) is 0. The van der Waals surface area contributed by atoms with Gasteiger partial charge in [0.1, 0.15) is 6.04 Å². The molecule has 0 rings (SSSR count). The Labute approximate surface area is 128 Å². The standard InChI is InChI=1S/C13H21NO8/c1-9(15)22-8-14(13(18)21-4)10(12(17)20-3)6-5-7-11(16)19-2/h10H,5-8H2,1-4H3/t10-/m0/s1. The molecule has 0 aliphatic heterocycles. The molecule has 0 fully saturated rings. The van der Waals surface area contributed by atoms with Crippen molar-refractivity contribution in [2.75, 3.05) is 28.1 Å². The molecule has 9 nitrogen and oxygen atoms in total. The van der Waals surface area contributed by atoms with E-state index in [2.05, 4.69) is 14.2 Å². The van der Waals surface area contributed by atoms with E-state index in [4.69, 9.17) is 4.74 Å². The first kappa shape index (κ1) is 19.7. The Kier molecular flexibility index (Phi) is 9.31. The second-order valence-corrected chi connectivity index (χ2v) is 4.21. The Morgan fingerprint density at radius 2 is 1.64 bits per heavy atom. The van der Waals surface area contributed by atoms with Crippen LogP contribution in [0.4, 0.5) is 4.79 Å². The Morgan fingerprint density at radius 1 is 1.00 bits per heavy atom. The summed E-state index contributed by atoms with van der Waals surface area (Å²) in [5, 5.41) is 0.